The Morgan fingerprint density at radius 3 is 2.48 bits per heavy atom. The molecule has 2 heterocycles. The SMILES string of the molecule is Cc1ccc(NC(=O)NCCN2CCN(c3nc4c(C)c(C)ccc4cc3C#N)CC2)cc1. The van der Waals surface area contributed by atoms with Crippen LogP contribution in [-0.4, -0.2) is 55.2 Å². The molecule has 0 bridgehead atoms. The van der Waals surface area contributed by atoms with Gasteiger partial charge in [0.15, 0.2) is 0 Å². The second-order valence-corrected chi connectivity index (χ2v) is 8.63. The number of aryl methyl sites for hydroxylation is 3. The fraction of sp³-hybridized carbons (Fsp3) is 0.346. The third kappa shape index (κ3) is 5.24. The number of carbonyl (C=O) groups excluding carboxylic acids is 1. The molecule has 0 unspecified atom stereocenters. The first-order valence-electron chi connectivity index (χ1n) is 11.3. The highest BCUT2D eigenvalue weighted by Crippen LogP contribution is 2.27. The van der Waals surface area contributed by atoms with Gasteiger partial charge in [0.25, 0.3) is 0 Å². The maximum absolute atomic E-state index is 12.1. The quantitative estimate of drug-likeness (QED) is 0.625. The van der Waals surface area contributed by atoms with E-state index in [2.05, 4.69) is 46.4 Å². The fourth-order valence-electron chi connectivity index (χ4n) is 4.12. The predicted octanol–water partition coefficient (Wildman–Crippen LogP) is 3.98. The van der Waals surface area contributed by atoms with E-state index in [1.54, 1.807) is 0 Å². The molecule has 2 N–H and O–H groups in total. The summed E-state index contributed by atoms with van der Waals surface area (Å²) < 4.78 is 0. The van der Waals surface area contributed by atoms with Crippen molar-refractivity contribution in [3.05, 3.63) is 64.7 Å². The summed E-state index contributed by atoms with van der Waals surface area (Å²) in [4.78, 5) is 21.5. The van der Waals surface area contributed by atoms with Gasteiger partial charge in [-0.2, -0.15) is 5.26 Å². The Kier molecular flexibility index (Phi) is 6.76. The van der Waals surface area contributed by atoms with Crippen molar-refractivity contribution in [2.45, 2.75) is 20.8 Å². The summed E-state index contributed by atoms with van der Waals surface area (Å²) in [5.74, 6) is 0.772. The molecule has 0 atom stereocenters. The minimum Gasteiger partial charge on any atom is -0.353 e. The van der Waals surface area contributed by atoms with Gasteiger partial charge in [-0.1, -0.05) is 29.8 Å². The average Bonchev–Trinajstić information content (AvgIpc) is 2.83. The van der Waals surface area contributed by atoms with E-state index in [0.29, 0.717) is 12.1 Å². The number of nitriles is 1. The maximum atomic E-state index is 12.1. The van der Waals surface area contributed by atoms with Gasteiger partial charge in [0, 0.05) is 50.3 Å². The molecule has 1 fully saturated rings. The maximum Gasteiger partial charge on any atom is 0.319 e. The van der Waals surface area contributed by atoms with Crippen molar-refractivity contribution >= 4 is 28.4 Å². The normalized spacial score (nSPS) is 14.2. The van der Waals surface area contributed by atoms with Crippen LogP contribution in [0.1, 0.15) is 22.3 Å². The first-order valence-corrected chi connectivity index (χ1v) is 11.3. The monoisotopic (exact) mass is 442 g/mol. The van der Waals surface area contributed by atoms with Crippen molar-refractivity contribution in [1.29, 1.82) is 5.26 Å². The van der Waals surface area contributed by atoms with E-state index in [9.17, 15) is 10.1 Å². The molecular formula is C26H30N6O. The molecule has 4 rings (SSSR count). The number of hydrogen-bond acceptors (Lipinski definition) is 5. The molecule has 170 valence electrons. The molecule has 33 heavy (non-hydrogen) atoms. The zero-order valence-electron chi connectivity index (χ0n) is 19.5. The van der Waals surface area contributed by atoms with Crippen LogP contribution >= 0.6 is 0 Å². The van der Waals surface area contributed by atoms with Crippen molar-refractivity contribution in [2.24, 2.45) is 0 Å². The largest absolute Gasteiger partial charge is 0.353 e. The number of nitrogens with zero attached hydrogens (tertiary/aromatic N) is 4. The molecule has 1 saturated heterocycles. The van der Waals surface area contributed by atoms with Crippen LogP contribution in [0.4, 0.5) is 16.3 Å². The van der Waals surface area contributed by atoms with Gasteiger partial charge >= 0.3 is 6.03 Å². The van der Waals surface area contributed by atoms with Crippen molar-refractivity contribution in [2.75, 3.05) is 49.5 Å². The Morgan fingerprint density at radius 2 is 1.79 bits per heavy atom. The second-order valence-electron chi connectivity index (χ2n) is 8.63. The lowest BCUT2D eigenvalue weighted by Gasteiger charge is -2.35. The first kappa shape index (κ1) is 22.6. The fourth-order valence-corrected chi connectivity index (χ4v) is 4.12. The van der Waals surface area contributed by atoms with Crippen LogP contribution in [0.5, 0.6) is 0 Å². The number of urea groups is 1. The highest BCUT2D eigenvalue weighted by molar-refractivity contribution is 5.89. The number of carbonyl (C=O) groups is 1. The Bertz CT molecular complexity index is 1190. The van der Waals surface area contributed by atoms with E-state index >= 15 is 0 Å². The molecule has 0 radical (unpaired) electrons. The summed E-state index contributed by atoms with van der Waals surface area (Å²) in [6.07, 6.45) is 0. The molecule has 0 spiro atoms. The summed E-state index contributed by atoms with van der Waals surface area (Å²) in [5.41, 5.74) is 5.89. The van der Waals surface area contributed by atoms with Gasteiger partial charge in [-0.25, -0.2) is 9.78 Å². The minimum atomic E-state index is -0.192. The van der Waals surface area contributed by atoms with Crippen LogP contribution in [0.25, 0.3) is 10.9 Å². The highest BCUT2D eigenvalue weighted by Gasteiger charge is 2.21. The summed E-state index contributed by atoms with van der Waals surface area (Å²) in [7, 11) is 0. The van der Waals surface area contributed by atoms with E-state index in [0.717, 1.165) is 66.3 Å². The molecule has 2 amide bonds. The number of amides is 2. The zero-order chi connectivity index (χ0) is 23.4. The number of anilines is 2. The van der Waals surface area contributed by atoms with Gasteiger partial charge in [-0.15, -0.1) is 0 Å². The Balaban J connectivity index is 1.31. The molecule has 1 aliphatic heterocycles. The summed E-state index contributed by atoms with van der Waals surface area (Å²) >= 11 is 0. The third-order valence-corrected chi connectivity index (χ3v) is 6.31. The van der Waals surface area contributed by atoms with E-state index in [1.165, 1.54) is 5.56 Å². The number of rotatable bonds is 5. The topological polar surface area (TPSA) is 84.3 Å². The molecule has 1 aliphatic rings. The molecule has 0 aliphatic carbocycles. The van der Waals surface area contributed by atoms with Gasteiger partial charge in [0.1, 0.15) is 11.9 Å². The lowest BCUT2D eigenvalue weighted by atomic mass is 10.0. The highest BCUT2D eigenvalue weighted by atomic mass is 16.2. The van der Waals surface area contributed by atoms with Crippen LogP contribution < -0.4 is 15.5 Å². The van der Waals surface area contributed by atoms with Crippen molar-refractivity contribution in [3.8, 4) is 6.07 Å². The van der Waals surface area contributed by atoms with Crippen LogP contribution in [-0.2, 0) is 0 Å². The Morgan fingerprint density at radius 1 is 1.06 bits per heavy atom. The third-order valence-electron chi connectivity index (χ3n) is 6.31. The lowest BCUT2D eigenvalue weighted by Crippen LogP contribution is -2.49. The van der Waals surface area contributed by atoms with E-state index < -0.39 is 0 Å². The number of nitrogens with one attached hydrogen (secondary N) is 2. The van der Waals surface area contributed by atoms with Gasteiger partial charge in [-0.05, 0) is 50.1 Å². The second kappa shape index (κ2) is 9.88. The van der Waals surface area contributed by atoms with E-state index in [-0.39, 0.29) is 6.03 Å². The Hall–Kier alpha value is -3.63. The molecule has 0 saturated carbocycles. The average molecular weight is 443 g/mol. The number of benzene rings is 2. The lowest BCUT2D eigenvalue weighted by molar-refractivity contribution is 0.240. The van der Waals surface area contributed by atoms with Crippen LogP contribution in [0.3, 0.4) is 0 Å². The van der Waals surface area contributed by atoms with Crippen LogP contribution in [0.15, 0.2) is 42.5 Å². The minimum absolute atomic E-state index is 0.192. The summed E-state index contributed by atoms with van der Waals surface area (Å²) in [6, 6.07) is 15.9. The standard InChI is InChI=1S/C26H30N6O/c1-18-4-8-23(9-5-18)29-26(33)28-10-11-31-12-14-32(15-13-31)25-22(17-27)16-21-7-6-19(2)20(3)24(21)30-25/h4-9,16H,10-15H2,1-3H3,(H2,28,29,33). The zero-order valence-corrected chi connectivity index (χ0v) is 19.5. The van der Waals surface area contributed by atoms with Gasteiger partial charge in [-0.3, -0.25) is 4.90 Å². The van der Waals surface area contributed by atoms with Gasteiger partial charge in [0.2, 0.25) is 0 Å². The van der Waals surface area contributed by atoms with Crippen LogP contribution in [0.2, 0.25) is 0 Å². The van der Waals surface area contributed by atoms with E-state index in [4.69, 9.17) is 4.98 Å². The molecule has 3 aromatic rings. The molecule has 7 nitrogen and oxygen atoms in total. The number of aromatic nitrogens is 1. The number of fused-ring (bicyclic) bond motifs is 1. The molecule has 7 heteroatoms. The first-order chi connectivity index (χ1) is 15.9. The molecule has 2 aromatic carbocycles. The smallest absolute Gasteiger partial charge is 0.319 e. The van der Waals surface area contributed by atoms with Crippen molar-refractivity contribution in [3.63, 3.8) is 0 Å². The number of pyridine rings is 1. The molecular weight excluding hydrogens is 412 g/mol. The summed E-state index contributed by atoms with van der Waals surface area (Å²) in [6.45, 7) is 10.9. The van der Waals surface area contributed by atoms with Crippen molar-refractivity contribution < 1.29 is 4.79 Å². The number of piperazine rings is 1. The Labute approximate surface area is 195 Å². The predicted molar refractivity (Wildman–Crippen MR) is 133 cm³/mol. The van der Waals surface area contributed by atoms with Crippen molar-refractivity contribution in [1.82, 2.24) is 15.2 Å². The summed E-state index contributed by atoms with van der Waals surface area (Å²) in [5, 5.41) is 16.5. The molecule has 1 aromatic heterocycles. The van der Waals surface area contributed by atoms with Gasteiger partial charge in [0.05, 0.1) is 11.1 Å². The number of hydrogen-bond donors (Lipinski definition) is 2. The van der Waals surface area contributed by atoms with E-state index in [1.807, 2.05) is 43.3 Å². The van der Waals surface area contributed by atoms with Gasteiger partial charge < -0.3 is 15.5 Å². The van der Waals surface area contributed by atoms with Crippen LogP contribution in [0, 0.1) is 32.1 Å².